The molecule has 0 saturated heterocycles. The molecule has 4 N–H and O–H groups in total. The van der Waals surface area contributed by atoms with E-state index in [2.05, 4.69) is 6.58 Å². The molecule has 0 aromatic heterocycles. The van der Waals surface area contributed by atoms with Gasteiger partial charge in [-0.05, 0) is 42.3 Å². The number of aromatic hydroxyl groups is 3. The van der Waals surface area contributed by atoms with Crippen molar-refractivity contribution in [2.75, 3.05) is 0 Å². The Hall–Kier alpha value is -3.05. The highest BCUT2D eigenvalue weighted by Gasteiger charge is 2.16. The summed E-state index contributed by atoms with van der Waals surface area (Å²) in [6.07, 6.45) is 2.07. The van der Waals surface area contributed by atoms with E-state index in [4.69, 9.17) is 0 Å². The molecule has 0 bridgehead atoms. The SMILES string of the molecule is C=C(C)C(O)Cc1cc(C(=O)/C=C/c2ccc(O)cc2)c(O)cc1O. The van der Waals surface area contributed by atoms with Gasteiger partial charge in [-0.25, -0.2) is 0 Å². The number of hydrogen-bond donors (Lipinski definition) is 4. The summed E-state index contributed by atoms with van der Waals surface area (Å²) >= 11 is 0. The maximum Gasteiger partial charge on any atom is 0.189 e. The molecule has 0 saturated carbocycles. The lowest BCUT2D eigenvalue weighted by atomic mass is 9.98. The van der Waals surface area contributed by atoms with Gasteiger partial charge in [0.15, 0.2) is 5.78 Å². The zero-order chi connectivity index (χ0) is 18.6. The Morgan fingerprint density at radius 1 is 1.12 bits per heavy atom. The molecule has 5 heteroatoms. The molecule has 0 spiro atoms. The fourth-order valence-electron chi connectivity index (χ4n) is 2.21. The van der Waals surface area contributed by atoms with E-state index < -0.39 is 11.9 Å². The van der Waals surface area contributed by atoms with Crippen LogP contribution in [0, 0.1) is 0 Å². The lowest BCUT2D eigenvalue weighted by Crippen LogP contribution is -2.11. The molecule has 25 heavy (non-hydrogen) atoms. The molecule has 0 aliphatic heterocycles. The Bertz CT molecular complexity index is 819. The van der Waals surface area contributed by atoms with Crippen LogP contribution in [0.1, 0.15) is 28.4 Å². The van der Waals surface area contributed by atoms with Gasteiger partial charge in [-0.2, -0.15) is 0 Å². The van der Waals surface area contributed by atoms with Crippen molar-refractivity contribution in [1.82, 2.24) is 0 Å². The largest absolute Gasteiger partial charge is 0.508 e. The van der Waals surface area contributed by atoms with Crippen molar-refractivity contribution in [3.8, 4) is 17.2 Å². The van der Waals surface area contributed by atoms with Gasteiger partial charge in [0.1, 0.15) is 17.2 Å². The van der Waals surface area contributed by atoms with Gasteiger partial charge < -0.3 is 20.4 Å². The van der Waals surface area contributed by atoms with Crippen LogP contribution in [0.15, 0.2) is 54.6 Å². The first-order chi connectivity index (χ1) is 11.8. The number of ketones is 1. The van der Waals surface area contributed by atoms with Crippen molar-refractivity contribution < 1.29 is 25.2 Å². The zero-order valence-corrected chi connectivity index (χ0v) is 13.8. The summed E-state index contributed by atoms with van der Waals surface area (Å²) in [5, 5.41) is 39.0. The molecule has 0 radical (unpaired) electrons. The van der Waals surface area contributed by atoms with E-state index in [0.717, 1.165) is 6.07 Å². The third-order valence-electron chi connectivity index (χ3n) is 3.76. The van der Waals surface area contributed by atoms with Gasteiger partial charge in [-0.3, -0.25) is 4.79 Å². The third kappa shape index (κ3) is 4.71. The Labute approximate surface area is 145 Å². The molecule has 2 rings (SSSR count). The van der Waals surface area contributed by atoms with E-state index in [1.165, 1.54) is 24.3 Å². The second-order valence-corrected chi connectivity index (χ2v) is 5.85. The van der Waals surface area contributed by atoms with E-state index in [-0.39, 0.29) is 29.2 Å². The Morgan fingerprint density at radius 3 is 2.36 bits per heavy atom. The van der Waals surface area contributed by atoms with Crippen LogP contribution in [0.25, 0.3) is 6.08 Å². The summed E-state index contributed by atoms with van der Waals surface area (Å²) in [6.45, 7) is 5.31. The first-order valence-electron chi connectivity index (χ1n) is 7.67. The normalized spacial score (nSPS) is 12.2. The number of hydrogen-bond acceptors (Lipinski definition) is 5. The number of carbonyl (C=O) groups excluding carboxylic acids is 1. The standard InChI is InChI=1S/C20H20O5/c1-12(2)18(23)10-14-9-16(20(25)11-19(14)24)17(22)8-5-13-3-6-15(21)7-4-13/h3-9,11,18,21,23-25H,1,10H2,2H3/b8-5+. The van der Waals surface area contributed by atoms with E-state index in [0.29, 0.717) is 16.7 Å². The van der Waals surface area contributed by atoms with Crippen LogP contribution in [0.2, 0.25) is 0 Å². The number of aliphatic hydroxyl groups excluding tert-OH is 1. The smallest absolute Gasteiger partial charge is 0.189 e. The van der Waals surface area contributed by atoms with Crippen molar-refractivity contribution >= 4 is 11.9 Å². The summed E-state index contributed by atoms with van der Waals surface area (Å²) in [5.74, 6) is -0.861. The number of phenols is 3. The Morgan fingerprint density at radius 2 is 1.76 bits per heavy atom. The molecule has 0 heterocycles. The molecule has 0 amide bonds. The minimum Gasteiger partial charge on any atom is -0.508 e. The summed E-state index contributed by atoms with van der Waals surface area (Å²) in [6, 6.07) is 8.73. The van der Waals surface area contributed by atoms with Gasteiger partial charge >= 0.3 is 0 Å². The van der Waals surface area contributed by atoms with Crippen molar-refractivity contribution in [1.29, 1.82) is 0 Å². The molecule has 1 atom stereocenters. The molecule has 5 nitrogen and oxygen atoms in total. The average Bonchev–Trinajstić information content (AvgIpc) is 2.56. The summed E-state index contributed by atoms with van der Waals surface area (Å²) in [7, 11) is 0. The van der Waals surface area contributed by atoms with Crippen molar-refractivity contribution in [3.05, 3.63) is 71.3 Å². The van der Waals surface area contributed by atoms with Crippen molar-refractivity contribution in [3.63, 3.8) is 0 Å². The van der Waals surface area contributed by atoms with Crippen LogP contribution in [0.5, 0.6) is 17.2 Å². The lowest BCUT2D eigenvalue weighted by Gasteiger charge is -2.13. The van der Waals surface area contributed by atoms with E-state index in [1.807, 2.05) is 0 Å². The highest BCUT2D eigenvalue weighted by atomic mass is 16.3. The number of aliphatic hydroxyl groups is 1. The average molecular weight is 340 g/mol. The minimum atomic E-state index is -0.856. The predicted octanol–water partition coefficient (Wildman–Crippen LogP) is 3.18. The van der Waals surface area contributed by atoms with Crippen LogP contribution >= 0.6 is 0 Å². The van der Waals surface area contributed by atoms with Crippen LogP contribution in [0.4, 0.5) is 0 Å². The molecule has 1 unspecified atom stereocenters. The van der Waals surface area contributed by atoms with Crippen LogP contribution in [-0.2, 0) is 6.42 Å². The predicted molar refractivity (Wildman–Crippen MR) is 95.8 cm³/mol. The van der Waals surface area contributed by atoms with Crippen LogP contribution in [0.3, 0.4) is 0 Å². The highest BCUT2D eigenvalue weighted by molar-refractivity contribution is 6.08. The summed E-state index contributed by atoms with van der Waals surface area (Å²) in [4.78, 5) is 12.3. The topological polar surface area (TPSA) is 98.0 Å². The molecule has 0 aliphatic carbocycles. The van der Waals surface area contributed by atoms with Gasteiger partial charge in [0.2, 0.25) is 0 Å². The molecular weight excluding hydrogens is 320 g/mol. The van der Waals surface area contributed by atoms with E-state index in [1.54, 1.807) is 25.1 Å². The first kappa shape index (κ1) is 18.3. The quantitative estimate of drug-likeness (QED) is 0.368. The Balaban J connectivity index is 2.26. The number of phenolic OH excluding ortho intramolecular Hbond substituents is 3. The molecule has 2 aromatic carbocycles. The highest BCUT2D eigenvalue weighted by Crippen LogP contribution is 2.29. The molecule has 2 aromatic rings. The molecule has 0 aliphatic rings. The number of allylic oxidation sites excluding steroid dienone is 1. The van der Waals surface area contributed by atoms with Gasteiger partial charge in [0.05, 0.1) is 11.7 Å². The second-order valence-electron chi connectivity index (χ2n) is 5.85. The zero-order valence-electron chi connectivity index (χ0n) is 13.8. The third-order valence-corrected chi connectivity index (χ3v) is 3.76. The summed E-state index contributed by atoms with van der Waals surface area (Å²) < 4.78 is 0. The van der Waals surface area contributed by atoms with Gasteiger partial charge in [-0.15, -0.1) is 0 Å². The van der Waals surface area contributed by atoms with Gasteiger partial charge in [0.25, 0.3) is 0 Å². The molecular formula is C20H20O5. The second kappa shape index (κ2) is 7.68. The number of benzene rings is 2. The first-order valence-corrected chi connectivity index (χ1v) is 7.67. The number of carbonyl (C=O) groups is 1. The maximum absolute atomic E-state index is 12.3. The fourth-order valence-corrected chi connectivity index (χ4v) is 2.21. The minimum absolute atomic E-state index is 0.0248. The van der Waals surface area contributed by atoms with Crippen LogP contribution < -0.4 is 0 Å². The van der Waals surface area contributed by atoms with E-state index in [9.17, 15) is 25.2 Å². The molecule has 130 valence electrons. The summed E-state index contributed by atoms with van der Waals surface area (Å²) in [5.41, 5.74) is 1.61. The van der Waals surface area contributed by atoms with Crippen molar-refractivity contribution in [2.24, 2.45) is 0 Å². The van der Waals surface area contributed by atoms with E-state index >= 15 is 0 Å². The van der Waals surface area contributed by atoms with Crippen molar-refractivity contribution in [2.45, 2.75) is 19.4 Å². The monoisotopic (exact) mass is 340 g/mol. The van der Waals surface area contributed by atoms with Crippen LogP contribution in [-0.4, -0.2) is 32.3 Å². The van der Waals surface area contributed by atoms with Gasteiger partial charge in [0, 0.05) is 12.5 Å². The maximum atomic E-state index is 12.3. The Kier molecular flexibility index (Phi) is 5.62. The lowest BCUT2D eigenvalue weighted by molar-refractivity contribution is 0.104. The number of rotatable bonds is 6. The fraction of sp³-hybridized carbons (Fsp3) is 0.150. The molecule has 0 fully saturated rings. The van der Waals surface area contributed by atoms with Gasteiger partial charge in [-0.1, -0.05) is 30.4 Å².